The Morgan fingerprint density at radius 3 is 3.00 bits per heavy atom. The molecule has 0 amide bonds. The van der Waals surface area contributed by atoms with Crippen molar-refractivity contribution < 1.29 is 5.11 Å². The number of rotatable bonds is 5. The van der Waals surface area contributed by atoms with E-state index in [1.54, 1.807) is 11.8 Å². The van der Waals surface area contributed by atoms with E-state index in [4.69, 9.17) is 10.8 Å². The molecular formula is C8H16N4OS. The van der Waals surface area contributed by atoms with Gasteiger partial charge in [0.25, 0.3) is 0 Å². The number of aliphatic hydroxyl groups is 1. The number of thioether (sulfide) groups is 1. The number of aromatic amines is 1. The average molecular weight is 216 g/mol. The highest BCUT2D eigenvalue weighted by atomic mass is 32.2. The Morgan fingerprint density at radius 2 is 2.50 bits per heavy atom. The first kappa shape index (κ1) is 11.5. The van der Waals surface area contributed by atoms with E-state index < -0.39 is 5.54 Å². The van der Waals surface area contributed by atoms with Crippen LogP contribution in [0.15, 0.2) is 11.5 Å². The van der Waals surface area contributed by atoms with Crippen LogP contribution in [0.2, 0.25) is 0 Å². The first-order valence-corrected chi connectivity index (χ1v) is 5.33. The van der Waals surface area contributed by atoms with Gasteiger partial charge in [0.1, 0.15) is 6.33 Å². The molecule has 0 aliphatic carbocycles. The molecule has 2 unspecified atom stereocenters. The predicted octanol–water partition coefficient (Wildman–Crippen LogP) is 0.385. The number of nitrogens with one attached hydrogen (secondary N) is 1. The summed E-state index contributed by atoms with van der Waals surface area (Å²) in [6.45, 7) is 3.88. The molecule has 5 nitrogen and oxygen atoms in total. The van der Waals surface area contributed by atoms with E-state index in [1.165, 1.54) is 6.33 Å². The number of aliphatic hydroxyl groups excluding tert-OH is 1. The van der Waals surface area contributed by atoms with E-state index in [9.17, 15) is 0 Å². The second-order valence-corrected chi connectivity index (χ2v) is 5.16. The van der Waals surface area contributed by atoms with Gasteiger partial charge in [-0.2, -0.15) is 5.10 Å². The number of hydrogen-bond acceptors (Lipinski definition) is 5. The van der Waals surface area contributed by atoms with Crippen LogP contribution in [0.25, 0.3) is 0 Å². The van der Waals surface area contributed by atoms with E-state index in [2.05, 4.69) is 15.2 Å². The van der Waals surface area contributed by atoms with E-state index in [1.807, 2.05) is 13.8 Å². The number of nitrogens with two attached hydrogens (primary N) is 1. The lowest BCUT2D eigenvalue weighted by Crippen LogP contribution is -2.42. The summed E-state index contributed by atoms with van der Waals surface area (Å²) in [5.41, 5.74) is 5.31. The van der Waals surface area contributed by atoms with Gasteiger partial charge in [0.2, 0.25) is 0 Å². The van der Waals surface area contributed by atoms with Gasteiger partial charge in [-0.05, 0) is 13.3 Å². The fourth-order valence-corrected chi connectivity index (χ4v) is 2.26. The molecule has 0 aliphatic rings. The Balaban J connectivity index is 2.40. The van der Waals surface area contributed by atoms with E-state index in [-0.39, 0.29) is 6.61 Å². The van der Waals surface area contributed by atoms with Crippen LogP contribution in [0.1, 0.15) is 20.3 Å². The fraction of sp³-hybridized carbons (Fsp3) is 0.750. The normalized spacial score (nSPS) is 17.7. The number of nitrogens with zero attached hydrogens (tertiary/aromatic N) is 2. The van der Waals surface area contributed by atoms with Crippen molar-refractivity contribution in [1.29, 1.82) is 0 Å². The van der Waals surface area contributed by atoms with E-state index in [0.29, 0.717) is 5.25 Å². The van der Waals surface area contributed by atoms with Crippen LogP contribution in [0.5, 0.6) is 0 Å². The lowest BCUT2D eigenvalue weighted by Gasteiger charge is -2.24. The topological polar surface area (TPSA) is 87.8 Å². The van der Waals surface area contributed by atoms with Crippen molar-refractivity contribution in [1.82, 2.24) is 15.2 Å². The van der Waals surface area contributed by atoms with Gasteiger partial charge < -0.3 is 10.8 Å². The zero-order valence-electron chi connectivity index (χ0n) is 8.40. The first-order chi connectivity index (χ1) is 6.53. The summed E-state index contributed by atoms with van der Waals surface area (Å²) in [6, 6.07) is 0. The highest BCUT2D eigenvalue weighted by Crippen LogP contribution is 2.24. The molecular weight excluding hydrogens is 200 g/mol. The van der Waals surface area contributed by atoms with Crippen molar-refractivity contribution in [3.63, 3.8) is 0 Å². The standard InChI is InChI=1S/C8H16N4OS/c1-6(3-8(2,9)4-13)14-7-10-5-11-12-7/h5-6,13H,3-4,9H2,1-2H3,(H,10,11,12). The Morgan fingerprint density at radius 1 is 1.79 bits per heavy atom. The Hall–Kier alpha value is -0.590. The van der Waals surface area contributed by atoms with Crippen molar-refractivity contribution in [2.75, 3.05) is 6.61 Å². The Labute approximate surface area is 87.5 Å². The molecule has 0 spiro atoms. The van der Waals surface area contributed by atoms with Gasteiger partial charge in [0.05, 0.1) is 6.61 Å². The summed E-state index contributed by atoms with van der Waals surface area (Å²) < 4.78 is 0. The van der Waals surface area contributed by atoms with Crippen LogP contribution in [0.3, 0.4) is 0 Å². The Bertz CT molecular complexity index is 262. The predicted molar refractivity (Wildman–Crippen MR) is 56.0 cm³/mol. The lowest BCUT2D eigenvalue weighted by molar-refractivity contribution is 0.201. The molecule has 1 rings (SSSR count). The molecule has 4 N–H and O–H groups in total. The monoisotopic (exact) mass is 216 g/mol. The van der Waals surface area contributed by atoms with Gasteiger partial charge >= 0.3 is 0 Å². The summed E-state index contributed by atoms with van der Waals surface area (Å²) in [4.78, 5) is 4.01. The number of aromatic nitrogens is 3. The lowest BCUT2D eigenvalue weighted by atomic mass is 9.99. The SMILES string of the molecule is CC(CC(C)(N)CO)Sc1ncn[nH]1. The molecule has 0 aliphatic heterocycles. The van der Waals surface area contributed by atoms with Gasteiger partial charge in [-0.15, -0.1) is 0 Å². The van der Waals surface area contributed by atoms with Crippen LogP contribution in [-0.4, -0.2) is 37.7 Å². The highest BCUT2D eigenvalue weighted by Gasteiger charge is 2.21. The minimum atomic E-state index is -0.521. The molecule has 1 aromatic rings. The third kappa shape index (κ3) is 3.65. The largest absolute Gasteiger partial charge is 0.394 e. The molecule has 1 heterocycles. The van der Waals surface area contributed by atoms with Crippen LogP contribution >= 0.6 is 11.8 Å². The van der Waals surface area contributed by atoms with Crippen LogP contribution in [0.4, 0.5) is 0 Å². The summed E-state index contributed by atoms with van der Waals surface area (Å²) in [5.74, 6) is 0. The van der Waals surface area contributed by atoms with E-state index in [0.717, 1.165) is 11.6 Å². The maximum Gasteiger partial charge on any atom is 0.183 e. The molecule has 0 saturated carbocycles. The van der Waals surface area contributed by atoms with Crippen LogP contribution in [0, 0.1) is 0 Å². The molecule has 0 fully saturated rings. The van der Waals surface area contributed by atoms with Crippen LogP contribution in [-0.2, 0) is 0 Å². The second kappa shape index (κ2) is 4.77. The average Bonchev–Trinajstić information content (AvgIpc) is 2.55. The first-order valence-electron chi connectivity index (χ1n) is 4.45. The summed E-state index contributed by atoms with van der Waals surface area (Å²) in [5, 5.41) is 16.6. The molecule has 0 saturated heterocycles. The van der Waals surface area contributed by atoms with Crippen molar-refractivity contribution in [2.24, 2.45) is 5.73 Å². The summed E-state index contributed by atoms with van der Waals surface area (Å²) in [6.07, 6.45) is 2.21. The number of H-pyrrole nitrogens is 1. The molecule has 6 heteroatoms. The van der Waals surface area contributed by atoms with Crippen molar-refractivity contribution in [3.8, 4) is 0 Å². The van der Waals surface area contributed by atoms with Crippen molar-refractivity contribution in [3.05, 3.63) is 6.33 Å². The van der Waals surface area contributed by atoms with Gasteiger partial charge in [-0.1, -0.05) is 18.7 Å². The van der Waals surface area contributed by atoms with Gasteiger partial charge in [0, 0.05) is 10.8 Å². The van der Waals surface area contributed by atoms with Gasteiger partial charge in [-0.3, -0.25) is 5.10 Å². The minimum Gasteiger partial charge on any atom is -0.394 e. The third-order valence-corrected chi connectivity index (χ3v) is 2.81. The highest BCUT2D eigenvalue weighted by molar-refractivity contribution is 7.99. The minimum absolute atomic E-state index is 0.00565. The van der Waals surface area contributed by atoms with Crippen LogP contribution < -0.4 is 5.73 Å². The molecule has 2 atom stereocenters. The summed E-state index contributed by atoms with van der Waals surface area (Å²) >= 11 is 1.57. The molecule has 0 radical (unpaired) electrons. The fourth-order valence-electron chi connectivity index (χ4n) is 1.20. The van der Waals surface area contributed by atoms with Gasteiger partial charge in [-0.25, -0.2) is 4.98 Å². The number of hydrogen-bond donors (Lipinski definition) is 3. The quantitative estimate of drug-likeness (QED) is 0.619. The zero-order chi connectivity index (χ0) is 10.6. The van der Waals surface area contributed by atoms with Crippen molar-refractivity contribution >= 4 is 11.8 Å². The van der Waals surface area contributed by atoms with Gasteiger partial charge in [0.15, 0.2) is 5.16 Å². The maximum absolute atomic E-state index is 9.00. The second-order valence-electron chi connectivity index (χ2n) is 3.74. The third-order valence-electron chi connectivity index (χ3n) is 1.82. The molecule has 14 heavy (non-hydrogen) atoms. The summed E-state index contributed by atoms with van der Waals surface area (Å²) in [7, 11) is 0. The molecule has 1 aromatic heterocycles. The molecule has 80 valence electrons. The maximum atomic E-state index is 9.00. The smallest absolute Gasteiger partial charge is 0.183 e. The van der Waals surface area contributed by atoms with E-state index >= 15 is 0 Å². The molecule has 0 aromatic carbocycles. The van der Waals surface area contributed by atoms with Crippen molar-refractivity contribution in [2.45, 2.75) is 36.2 Å². The molecule has 0 bridgehead atoms. The zero-order valence-corrected chi connectivity index (χ0v) is 9.21. The Kier molecular flexibility index (Phi) is 3.91.